The molecule has 0 unspecified atom stereocenters. The van der Waals surface area contributed by atoms with Gasteiger partial charge in [-0.3, -0.25) is 0 Å². The lowest BCUT2D eigenvalue weighted by molar-refractivity contribution is 0.700. The second-order valence-corrected chi connectivity index (χ2v) is 2.72. The van der Waals surface area contributed by atoms with Gasteiger partial charge in [0.1, 0.15) is 17.7 Å². The highest BCUT2D eigenvalue weighted by molar-refractivity contribution is 5.68. The van der Waals surface area contributed by atoms with E-state index in [-0.39, 0.29) is 0 Å². The lowest BCUT2D eigenvalue weighted by Gasteiger charge is -1.94. The Balaban J connectivity index is 2.28. The van der Waals surface area contributed by atoms with E-state index in [0.717, 1.165) is 30.1 Å². The van der Waals surface area contributed by atoms with Crippen molar-refractivity contribution in [1.29, 1.82) is 0 Å². The number of aromatic amines is 1. The SMILES string of the molecule is CCNCc1nc2ncncc2[nH]1. The molecule has 0 aromatic carbocycles. The molecule has 2 aromatic heterocycles. The van der Waals surface area contributed by atoms with Crippen molar-refractivity contribution in [3.8, 4) is 0 Å². The second-order valence-electron chi connectivity index (χ2n) is 2.72. The van der Waals surface area contributed by atoms with Gasteiger partial charge in [-0.15, -0.1) is 0 Å². The minimum atomic E-state index is 0.725. The molecule has 5 heteroatoms. The molecule has 2 heterocycles. The van der Waals surface area contributed by atoms with Crippen LogP contribution >= 0.6 is 0 Å². The summed E-state index contributed by atoms with van der Waals surface area (Å²) in [6, 6.07) is 0. The number of hydrogen-bond donors (Lipinski definition) is 2. The minimum absolute atomic E-state index is 0.725. The summed E-state index contributed by atoms with van der Waals surface area (Å²) in [6.45, 7) is 3.73. The van der Waals surface area contributed by atoms with Crippen molar-refractivity contribution in [3.05, 3.63) is 18.3 Å². The summed E-state index contributed by atoms with van der Waals surface area (Å²) >= 11 is 0. The van der Waals surface area contributed by atoms with E-state index >= 15 is 0 Å². The number of hydrogen-bond acceptors (Lipinski definition) is 4. The van der Waals surface area contributed by atoms with Crippen LogP contribution in [-0.4, -0.2) is 26.5 Å². The Morgan fingerprint density at radius 3 is 3.23 bits per heavy atom. The van der Waals surface area contributed by atoms with Crippen LogP contribution in [0.1, 0.15) is 12.7 Å². The third-order valence-corrected chi connectivity index (χ3v) is 1.75. The predicted molar refractivity (Wildman–Crippen MR) is 49.1 cm³/mol. The van der Waals surface area contributed by atoms with Gasteiger partial charge in [0.05, 0.1) is 12.7 Å². The number of rotatable bonds is 3. The van der Waals surface area contributed by atoms with Gasteiger partial charge in [0.2, 0.25) is 0 Å². The first-order chi connectivity index (χ1) is 6.40. The van der Waals surface area contributed by atoms with Gasteiger partial charge in [-0.25, -0.2) is 15.0 Å². The van der Waals surface area contributed by atoms with E-state index in [9.17, 15) is 0 Å². The van der Waals surface area contributed by atoms with Gasteiger partial charge < -0.3 is 10.3 Å². The molecule has 0 atom stereocenters. The average Bonchev–Trinajstić information content (AvgIpc) is 2.57. The molecule has 0 saturated carbocycles. The van der Waals surface area contributed by atoms with E-state index in [4.69, 9.17) is 0 Å². The fourth-order valence-corrected chi connectivity index (χ4v) is 1.14. The maximum Gasteiger partial charge on any atom is 0.180 e. The largest absolute Gasteiger partial charge is 0.338 e. The van der Waals surface area contributed by atoms with Gasteiger partial charge in [-0.05, 0) is 6.54 Å². The zero-order valence-electron chi connectivity index (χ0n) is 7.41. The van der Waals surface area contributed by atoms with Crippen LogP contribution in [0.5, 0.6) is 0 Å². The Kier molecular flexibility index (Phi) is 2.18. The van der Waals surface area contributed by atoms with Crippen molar-refractivity contribution >= 4 is 11.2 Å². The van der Waals surface area contributed by atoms with Crippen LogP contribution in [-0.2, 0) is 6.54 Å². The first-order valence-corrected chi connectivity index (χ1v) is 4.25. The van der Waals surface area contributed by atoms with E-state index in [2.05, 4.69) is 32.2 Å². The summed E-state index contributed by atoms with van der Waals surface area (Å²) in [7, 11) is 0. The lowest BCUT2D eigenvalue weighted by Crippen LogP contribution is -2.12. The smallest absolute Gasteiger partial charge is 0.180 e. The maximum atomic E-state index is 4.28. The van der Waals surface area contributed by atoms with Crippen LogP contribution < -0.4 is 5.32 Å². The van der Waals surface area contributed by atoms with Gasteiger partial charge in [-0.1, -0.05) is 6.92 Å². The van der Waals surface area contributed by atoms with Crippen LogP contribution in [0.25, 0.3) is 11.2 Å². The molecular weight excluding hydrogens is 166 g/mol. The van der Waals surface area contributed by atoms with Crippen molar-refractivity contribution in [3.63, 3.8) is 0 Å². The molecule has 0 aliphatic rings. The van der Waals surface area contributed by atoms with Crippen molar-refractivity contribution in [2.24, 2.45) is 0 Å². The number of H-pyrrole nitrogens is 1. The number of aromatic nitrogens is 4. The van der Waals surface area contributed by atoms with Crippen molar-refractivity contribution in [2.45, 2.75) is 13.5 Å². The standard InChI is InChI=1S/C8H11N5/c1-2-9-4-7-12-6-3-10-5-11-8(6)13-7/h3,5,9H,2,4H2,1H3,(H,10,11,12,13). The third kappa shape index (κ3) is 1.65. The summed E-state index contributed by atoms with van der Waals surface area (Å²) in [5.74, 6) is 0.900. The van der Waals surface area contributed by atoms with Crippen molar-refractivity contribution in [1.82, 2.24) is 25.3 Å². The Morgan fingerprint density at radius 2 is 2.46 bits per heavy atom. The van der Waals surface area contributed by atoms with E-state index in [1.165, 1.54) is 6.33 Å². The molecule has 2 aromatic rings. The molecule has 5 nitrogen and oxygen atoms in total. The van der Waals surface area contributed by atoms with Gasteiger partial charge in [0, 0.05) is 0 Å². The number of fused-ring (bicyclic) bond motifs is 1. The lowest BCUT2D eigenvalue weighted by atomic mass is 10.6. The normalized spacial score (nSPS) is 10.8. The van der Waals surface area contributed by atoms with Crippen molar-refractivity contribution < 1.29 is 0 Å². The topological polar surface area (TPSA) is 66.5 Å². The molecule has 2 N–H and O–H groups in total. The Morgan fingerprint density at radius 1 is 1.54 bits per heavy atom. The van der Waals surface area contributed by atoms with Crippen LogP contribution in [0.3, 0.4) is 0 Å². The van der Waals surface area contributed by atoms with E-state index in [1.54, 1.807) is 6.20 Å². The maximum absolute atomic E-state index is 4.28. The molecule has 0 aliphatic heterocycles. The van der Waals surface area contributed by atoms with E-state index in [1.807, 2.05) is 0 Å². The van der Waals surface area contributed by atoms with Crippen LogP contribution in [0, 0.1) is 0 Å². The highest BCUT2D eigenvalue weighted by atomic mass is 15.0. The van der Waals surface area contributed by atoms with Gasteiger partial charge in [-0.2, -0.15) is 0 Å². The highest BCUT2D eigenvalue weighted by Crippen LogP contribution is 2.04. The molecule has 13 heavy (non-hydrogen) atoms. The van der Waals surface area contributed by atoms with E-state index in [0.29, 0.717) is 0 Å². The van der Waals surface area contributed by atoms with Crippen LogP contribution in [0.2, 0.25) is 0 Å². The van der Waals surface area contributed by atoms with Gasteiger partial charge in [0.25, 0.3) is 0 Å². The molecule has 0 aliphatic carbocycles. The summed E-state index contributed by atoms with van der Waals surface area (Å²) in [5.41, 5.74) is 1.61. The molecule has 0 fully saturated rings. The number of nitrogens with one attached hydrogen (secondary N) is 2. The summed E-state index contributed by atoms with van der Waals surface area (Å²) in [4.78, 5) is 15.3. The molecular formula is C8H11N5. The molecule has 2 rings (SSSR count). The molecule has 0 saturated heterocycles. The molecule has 0 bridgehead atoms. The quantitative estimate of drug-likeness (QED) is 0.714. The number of nitrogens with zero attached hydrogens (tertiary/aromatic N) is 3. The predicted octanol–water partition coefficient (Wildman–Crippen LogP) is 0.462. The third-order valence-electron chi connectivity index (χ3n) is 1.75. The molecule has 68 valence electrons. The molecule has 0 amide bonds. The van der Waals surface area contributed by atoms with Gasteiger partial charge >= 0.3 is 0 Å². The zero-order valence-corrected chi connectivity index (χ0v) is 7.41. The monoisotopic (exact) mass is 177 g/mol. The van der Waals surface area contributed by atoms with Gasteiger partial charge in [0.15, 0.2) is 5.65 Å². The number of imidazole rings is 1. The minimum Gasteiger partial charge on any atom is -0.338 e. The van der Waals surface area contributed by atoms with Crippen LogP contribution in [0.4, 0.5) is 0 Å². The van der Waals surface area contributed by atoms with E-state index < -0.39 is 0 Å². The summed E-state index contributed by atoms with van der Waals surface area (Å²) < 4.78 is 0. The zero-order chi connectivity index (χ0) is 9.10. The van der Waals surface area contributed by atoms with Crippen molar-refractivity contribution in [2.75, 3.05) is 6.54 Å². The highest BCUT2D eigenvalue weighted by Gasteiger charge is 2.01. The Hall–Kier alpha value is -1.49. The fraction of sp³-hybridized carbons (Fsp3) is 0.375. The molecule has 0 radical (unpaired) electrons. The fourth-order valence-electron chi connectivity index (χ4n) is 1.14. The summed E-state index contributed by atoms with van der Waals surface area (Å²) in [6.07, 6.45) is 3.23. The second kappa shape index (κ2) is 3.49. The summed E-state index contributed by atoms with van der Waals surface area (Å²) in [5, 5.41) is 3.18. The van der Waals surface area contributed by atoms with Crippen LogP contribution in [0.15, 0.2) is 12.5 Å². The Labute approximate surface area is 75.6 Å². The average molecular weight is 177 g/mol. The first-order valence-electron chi connectivity index (χ1n) is 4.25. The Bertz CT molecular complexity index is 361. The first kappa shape index (κ1) is 8.12. The molecule has 0 spiro atoms.